The first-order valence-electron chi connectivity index (χ1n) is 3.85. The van der Waals surface area contributed by atoms with Gasteiger partial charge in [-0.2, -0.15) is 0 Å². The summed E-state index contributed by atoms with van der Waals surface area (Å²) in [6.07, 6.45) is 1.12. The Hall–Kier alpha value is -0.0882. The van der Waals surface area contributed by atoms with Crippen molar-refractivity contribution in [1.29, 1.82) is 0 Å². The molecule has 64 valence electrons. The summed E-state index contributed by atoms with van der Waals surface area (Å²) in [6.45, 7) is 11.4. The summed E-state index contributed by atoms with van der Waals surface area (Å²) in [6, 6.07) is 0. The van der Waals surface area contributed by atoms with Crippen molar-refractivity contribution in [3.63, 3.8) is 0 Å². The Morgan fingerprint density at radius 3 is 2.27 bits per heavy atom. The van der Waals surface area contributed by atoms with E-state index in [-0.39, 0.29) is 0 Å². The molecule has 11 heavy (non-hydrogen) atoms. The molecule has 0 atom stereocenters. The molecule has 0 amide bonds. The molecule has 0 unspecified atom stereocenters. The summed E-state index contributed by atoms with van der Waals surface area (Å²) in [7, 11) is 2.55. The minimum absolute atomic E-state index is 0.660. The molecule has 4 heteroatoms. The Labute approximate surface area is 71.5 Å². The molecule has 0 aliphatic rings. The first kappa shape index (κ1) is 10.9. The number of nitrogens with zero attached hydrogens (tertiary/aromatic N) is 1. The molecule has 0 saturated carbocycles. The van der Waals surface area contributed by atoms with Crippen molar-refractivity contribution in [2.75, 3.05) is 20.0 Å². The number of rotatable bonds is 5. The average Bonchev–Trinajstić information content (AvgIpc) is 1.84. The van der Waals surface area contributed by atoms with Crippen LogP contribution < -0.4 is 0 Å². The summed E-state index contributed by atoms with van der Waals surface area (Å²) >= 11 is 0. The van der Waals surface area contributed by atoms with Gasteiger partial charge in [-0.05, 0) is 0 Å². The summed E-state index contributed by atoms with van der Waals surface area (Å²) in [5.74, 6) is 0. The zero-order valence-corrected chi connectivity index (χ0v) is 9.05. The maximum atomic E-state index is 5.02. The van der Waals surface area contributed by atoms with Gasteiger partial charge in [0.1, 0.15) is 0 Å². The van der Waals surface area contributed by atoms with Crippen molar-refractivity contribution in [3.8, 4) is 0 Å². The third-order valence-corrected chi connectivity index (χ3v) is 2.59. The van der Waals surface area contributed by atoms with Gasteiger partial charge < -0.3 is 0 Å². The van der Waals surface area contributed by atoms with E-state index in [1.165, 1.54) is 0 Å². The molecule has 0 spiro atoms. The molecule has 0 heterocycles. The van der Waals surface area contributed by atoms with Crippen molar-refractivity contribution >= 4 is 21.6 Å². The zero-order valence-electron chi connectivity index (χ0n) is 8.05. The average molecular weight is 171 g/mol. The van der Waals surface area contributed by atoms with E-state index in [9.17, 15) is 0 Å². The molecule has 0 fully saturated rings. The monoisotopic (exact) mass is 171 g/mol. The van der Waals surface area contributed by atoms with Gasteiger partial charge >= 0.3 is 70.8 Å². The van der Waals surface area contributed by atoms with Gasteiger partial charge in [-0.15, -0.1) is 0 Å². The normalized spacial score (nSPS) is 10.9. The van der Waals surface area contributed by atoms with Gasteiger partial charge in [-0.3, -0.25) is 0 Å². The number of hydrogen-bond acceptors (Lipinski definition) is 2. The summed E-state index contributed by atoms with van der Waals surface area (Å²) in [5.41, 5.74) is 0. The minimum atomic E-state index is -1.00. The molecule has 0 radical (unpaired) electrons. The molecule has 0 bridgehead atoms. The molecule has 0 rings (SSSR count). The van der Waals surface area contributed by atoms with Crippen LogP contribution in [0.5, 0.6) is 0 Å². The Balaban J connectivity index is 3.77. The molecule has 0 aromatic rings. The second-order valence-electron chi connectivity index (χ2n) is 3.91. The first-order chi connectivity index (χ1) is 4.99. The maximum absolute atomic E-state index is 5.02. The third-order valence-electron chi connectivity index (χ3n) is 1.23. The predicted octanol–water partition coefficient (Wildman–Crippen LogP) is 0.821. The van der Waals surface area contributed by atoms with Gasteiger partial charge in [-0.1, -0.05) is 0 Å². The summed E-state index contributed by atoms with van der Waals surface area (Å²) in [5, 5.41) is 0. The summed E-state index contributed by atoms with van der Waals surface area (Å²) in [4.78, 5) is 2.12. The Morgan fingerprint density at radius 2 is 2.00 bits per heavy atom. The van der Waals surface area contributed by atoms with E-state index in [1.807, 2.05) is 7.06 Å². The van der Waals surface area contributed by atoms with Crippen molar-refractivity contribution < 1.29 is 4.74 Å². The van der Waals surface area contributed by atoms with Gasteiger partial charge in [-0.25, -0.2) is 0 Å². The zero-order chi connectivity index (χ0) is 8.91. The van der Waals surface area contributed by atoms with Crippen LogP contribution in [0.25, 0.3) is 0 Å². The molecular formula is C7H18BNOSi. The van der Waals surface area contributed by atoms with E-state index < -0.39 is 8.07 Å². The Bertz CT molecular complexity index is 124. The van der Waals surface area contributed by atoms with E-state index in [0.717, 1.165) is 6.17 Å². The van der Waals surface area contributed by atoms with Gasteiger partial charge in [0.25, 0.3) is 0 Å². The van der Waals surface area contributed by atoms with E-state index >= 15 is 0 Å². The number of hydrogen-bond donors (Lipinski definition) is 0. The first-order valence-corrected chi connectivity index (χ1v) is 7.56. The van der Waals surface area contributed by atoms with E-state index in [0.29, 0.717) is 6.73 Å². The Morgan fingerprint density at radius 1 is 1.45 bits per heavy atom. The van der Waals surface area contributed by atoms with Gasteiger partial charge in [0, 0.05) is 0 Å². The quantitative estimate of drug-likeness (QED) is 0.448. The molecule has 2 nitrogen and oxygen atoms in total. The molecule has 0 saturated heterocycles. The predicted molar refractivity (Wildman–Crippen MR) is 54.8 cm³/mol. The molecule has 0 aliphatic heterocycles. The number of methoxy groups -OCH3 is 1. The fourth-order valence-corrected chi connectivity index (χ4v) is 2.38. The van der Waals surface area contributed by atoms with Crippen molar-refractivity contribution in [2.24, 2.45) is 0 Å². The van der Waals surface area contributed by atoms with Crippen LogP contribution in [-0.2, 0) is 4.74 Å². The van der Waals surface area contributed by atoms with E-state index in [1.54, 1.807) is 7.11 Å². The number of ether oxygens (including phenoxy) is 1. The fraction of sp³-hybridized carbons (Fsp3) is 0.857. The van der Waals surface area contributed by atoms with Gasteiger partial charge in [0.15, 0.2) is 0 Å². The second kappa shape index (κ2) is 4.72. The van der Waals surface area contributed by atoms with Crippen molar-refractivity contribution in [1.82, 2.24) is 4.81 Å². The van der Waals surface area contributed by atoms with Crippen LogP contribution in [0.15, 0.2) is 0 Å². The van der Waals surface area contributed by atoms with Gasteiger partial charge in [0.2, 0.25) is 0 Å². The van der Waals surface area contributed by atoms with Crippen LogP contribution in [0.1, 0.15) is 0 Å². The van der Waals surface area contributed by atoms with Crippen molar-refractivity contribution in [2.45, 2.75) is 19.6 Å². The van der Waals surface area contributed by atoms with Crippen LogP contribution >= 0.6 is 0 Å². The molecular weight excluding hydrogens is 153 g/mol. The van der Waals surface area contributed by atoms with Crippen LogP contribution in [0.4, 0.5) is 0 Å². The van der Waals surface area contributed by atoms with Crippen molar-refractivity contribution in [3.05, 3.63) is 0 Å². The van der Waals surface area contributed by atoms with E-state index in [4.69, 9.17) is 4.74 Å². The van der Waals surface area contributed by atoms with E-state index in [2.05, 4.69) is 30.9 Å². The van der Waals surface area contributed by atoms with Crippen LogP contribution in [0.3, 0.4) is 0 Å². The molecule has 0 aromatic carbocycles. The fourth-order valence-electron chi connectivity index (χ4n) is 0.938. The van der Waals surface area contributed by atoms with Crippen LogP contribution in [0, 0.1) is 0 Å². The standard InChI is InChI=1S/C7H18BNOSi/c1-8-9(6-10-2)7-11(3,4)5/h1,6-7H2,2-5H3. The molecule has 0 aliphatic carbocycles. The van der Waals surface area contributed by atoms with Crippen LogP contribution in [0.2, 0.25) is 19.6 Å². The summed E-state index contributed by atoms with van der Waals surface area (Å²) < 4.78 is 5.02. The van der Waals surface area contributed by atoms with Crippen LogP contribution in [-0.4, -0.2) is 46.4 Å². The topological polar surface area (TPSA) is 12.5 Å². The SMILES string of the molecule is C=BN(COC)C[Si](C)(C)C. The third kappa shape index (κ3) is 6.32. The Kier molecular flexibility index (Phi) is 4.68. The second-order valence-corrected chi connectivity index (χ2v) is 9.35. The molecule has 0 N–H and O–H groups in total. The van der Waals surface area contributed by atoms with Gasteiger partial charge in [0.05, 0.1) is 0 Å². The molecule has 0 aromatic heterocycles.